The van der Waals surface area contributed by atoms with Crippen molar-refractivity contribution in [2.75, 3.05) is 9.80 Å². The Morgan fingerprint density at radius 1 is 0.306 bits per heavy atom. The van der Waals surface area contributed by atoms with Crippen LogP contribution in [0.1, 0.15) is 180 Å². The van der Waals surface area contributed by atoms with Gasteiger partial charge in [0.25, 0.3) is 6.71 Å². The van der Waals surface area contributed by atoms with E-state index in [-0.39, 0.29) is 17.5 Å². The molecule has 0 saturated carbocycles. The molecule has 0 spiro atoms. The highest BCUT2D eigenvalue weighted by atomic mass is 15.2. The van der Waals surface area contributed by atoms with Gasteiger partial charge in [-0.3, -0.25) is 0 Å². The molecule has 0 fully saturated rings. The number of fused-ring (bicyclic) bond motifs is 7. The van der Waals surface area contributed by atoms with Crippen molar-refractivity contribution < 1.29 is 0 Å². The van der Waals surface area contributed by atoms with Crippen molar-refractivity contribution in [3.63, 3.8) is 0 Å². The number of benzene rings is 11. The summed E-state index contributed by atoms with van der Waals surface area (Å²) < 4.78 is 2.62. The van der Waals surface area contributed by atoms with Crippen LogP contribution in [0, 0.1) is 0 Å². The highest BCUT2D eigenvalue weighted by Gasteiger charge is 2.46. The van der Waals surface area contributed by atoms with Crippen LogP contribution in [0.2, 0.25) is 0 Å². The van der Waals surface area contributed by atoms with Gasteiger partial charge in [-0.2, -0.15) is 0 Å². The van der Waals surface area contributed by atoms with E-state index in [1.165, 1.54) is 207 Å². The highest BCUT2D eigenvalue weighted by molar-refractivity contribution is 7.00. The lowest BCUT2D eigenvalue weighted by atomic mass is 9.33. The highest BCUT2D eigenvalue weighted by Crippen LogP contribution is 2.55. The van der Waals surface area contributed by atoms with Crippen LogP contribution >= 0.6 is 0 Å². The van der Waals surface area contributed by atoms with Gasteiger partial charge < -0.3 is 14.4 Å². The van der Waals surface area contributed by atoms with E-state index in [2.05, 4.69) is 314 Å². The van der Waals surface area contributed by atoms with Crippen LogP contribution in [0.3, 0.4) is 0 Å². The van der Waals surface area contributed by atoms with E-state index in [0.717, 1.165) is 51.4 Å². The van der Waals surface area contributed by atoms with Crippen LogP contribution in [0.15, 0.2) is 231 Å². The van der Waals surface area contributed by atoms with Crippen molar-refractivity contribution in [2.24, 2.45) is 0 Å². The number of aromatic nitrogens is 1. The second kappa shape index (κ2) is 28.4. The van der Waals surface area contributed by atoms with Gasteiger partial charge in [0.05, 0.1) is 22.4 Å². The molecule has 0 radical (unpaired) electrons. The van der Waals surface area contributed by atoms with Crippen molar-refractivity contribution >= 4 is 79.0 Å². The molecule has 494 valence electrons. The van der Waals surface area contributed by atoms with Crippen LogP contribution in [0.25, 0.3) is 72.0 Å². The van der Waals surface area contributed by atoms with Gasteiger partial charge in [-0.05, 0) is 213 Å². The SMILES string of the molecule is CCCCCc1ccc2c(c1)B1c3ccc(-n4c5ccc(CCCCC)cc5c5cc(CCCCC)ccc54)cc3N(c3c(-c4ccccc4)cc(C(C)(C)C)cc3-c3ccccc3)c3cc(CCCCC)cc(c31)N2c1c(-c2ccccc2)cc(C(C)(C)C)cc1-c1ccccc1. The first-order chi connectivity index (χ1) is 47.7. The number of hydrogen-bond acceptors (Lipinski definition) is 2. The van der Waals surface area contributed by atoms with E-state index >= 15 is 0 Å². The standard InChI is InChI=1S/C94H100BN3/c1-11-15-23-35-65-47-52-84-80(55-65)81-56-66(36-24-16-12-2)48-53-85(81)96(84)75-50-51-82-87(64-75)98(92-78(71-43-31-21-32-44-71)62-74(94(8,9)10)63-79(92)72-45-33-22-34-46-72)89-59-68(38-26-18-14-4)58-88-90(89)95(82)83-57-67(37-25-17-13-3)49-54-86(83)97(88)91-76(69-39-27-19-28-40-69)60-73(93(5,6)7)61-77(91)70-41-29-20-30-42-70/h19-22,27-34,39-64H,11-18,23-26,35-38H2,1-10H3. The van der Waals surface area contributed by atoms with Crippen molar-refractivity contribution in [3.8, 4) is 50.2 Å². The molecule has 11 aromatic carbocycles. The van der Waals surface area contributed by atoms with Gasteiger partial charge in [0.15, 0.2) is 0 Å². The monoisotopic (exact) mass is 1280 g/mol. The van der Waals surface area contributed by atoms with Crippen molar-refractivity contribution in [3.05, 3.63) is 264 Å². The summed E-state index contributed by atoms with van der Waals surface area (Å²) in [7, 11) is 0. The van der Waals surface area contributed by atoms with E-state index in [0.29, 0.717) is 0 Å². The Balaban J connectivity index is 1.15. The van der Waals surface area contributed by atoms with Crippen molar-refractivity contribution in [1.82, 2.24) is 4.57 Å². The summed E-state index contributed by atoms with van der Waals surface area (Å²) in [6, 6.07) is 90.9. The van der Waals surface area contributed by atoms with E-state index in [4.69, 9.17) is 0 Å². The van der Waals surface area contributed by atoms with Gasteiger partial charge in [-0.1, -0.05) is 272 Å². The minimum atomic E-state index is -0.154. The topological polar surface area (TPSA) is 11.4 Å². The molecule has 14 rings (SSSR count). The van der Waals surface area contributed by atoms with Gasteiger partial charge in [0.1, 0.15) is 0 Å². The molecule has 0 aliphatic carbocycles. The van der Waals surface area contributed by atoms with E-state index in [1.54, 1.807) is 0 Å². The first-order valence-electron chi connectivity index (χ1n) is 37.4. The lowest BCUT2D eigenvalue weighted by molar-refractivity contribution is 0.590. The Morgan fingerprint density at radius 2 is 0.673 bits per heavy atom. The Morgan fingerprint density at radius 3 is 1.06 bits per heavy atom. The first-order valence-corrected chi connectivity index (χ1v) is 37.4. The first kappa shape index (κ1) is 66.1. The number of aryl methyl sites for hydroxylation is 4. The zero-order chi connectivity index (χ0) is 67.7. The van der Waals surface area contributed by atoms with Gasteiger partial charge in [-0.25, -0.2) is 0 Å². The molecule has 0 bridgehead atoms. The molecule has 2 aliphatic rings. The normalized spacial score (nSPS) is 12.8. The van der Waals surface area contributed by atoms with Crippen LogP contribution in [0.4, 0.5) is 34.1 Å². The molecule has 3 nitrogen and oxygen atoms in total. The summed E-state index contributed by atoms with van der Waals surface area (Å²) in [6.07, 6.45) is 18.4. The fourth-order valence-electron chi connectivity index (χ4n) is 16.0. The van der Waals surface area contributed by atoms with Gasteiger partial charge in [-0.15, -0.1) is 0 Å². The molecule has 0 unspecified atom stereocenters. The molecule has 0 saturated heterocycles. The molecule has 0 atom stereocenters. The van der Waals surface area contributed by atoms with Crippen molar-refractivity contribution in [2.45, 2.75) is 183 Å². The summed E-state index contributed by atoms with van der Waals surface area (Å²) >= 11 is 0. The molecule has 0 amide bonds. The Hall–Kier alpha value is -9.12. The maximum absolute atomic E-state index is 2.80. The summed E-state index contributed by atoms with van der Waals surface area (Å²) in [5, 5.41) is 2.70. The molecule has 2 aliphatic heterocycles. The number of unbranched alkanes of at least 4 members (excludes halogenated alkanes) is 8. The quantitative estimate of drug-likeness (QED) is 0.0467. The zero-order valence-electron chi connectivity index (χ0n) is 60.2. The Labute approximate surface area is 586 Å². The smallest absolute Gasteiger partial charge is 0.252 e. The predicted molar refractivity (Wildman–Crippen MR) is 427 cm³/mol. The third kappa shape index (κ3) is 12.9. The molecule has 4 heteroatoms. The summed E-state index contributed by atoms with van der Waals surface area (Å²) in [4.78, 5) is 5.57. The third-order valence-corrected chi connectivity index (χ3v) is 21.3. The molecule has 3 heterocycles. The second-order valence-corrected chi connectivity index (χ2v) is 30.5. The maximum atomic E-state index is 2.80. The maximum Gasteiger partial charge on any atom is 0.252 e. The van der Waals surface area contributed by atoms with Crippen LogP contribution in [0.5, 0.6) is 0 Å². The molecule has 12 aromatic rings. The largest absolute Gasteiger partial charge is 0.310 e. The van der Waals surface area contributed by atoms with Crippen LogP contribution in [-0.4, -0.2) is 11.3 Å². The molecule has 1 aromatic heterocycles. The van der Waals surface area contributed by atoms with Gasteiger partial charge in [0, 0.05) is 61.5 Å². The number of anilines is 6. The van der Waals surface area contributed by atoms with E-state index in [1.807, 2.05) is 0 Å². The lowest BCUT2D eigenvalue weighted by Gasteiger charge is -2.46. The fraction of sp³-hybridized carbons (Fsp3) is 0.298. The van der Waals surface area contributed by atoms with Gasteiger partial charge in [0.2, 0.25) is 0 Å². The van der Waals surface area contributed by atoms with Crippen LogP contribution in [-0.2, 0) is 36.5 Å². The average molecular weight is 1280 g/mol. The molecular formula is C94H100BN3. The number of rotatable bonds is 23. The van der Waals surface area contributed by atoms with Gasteiger partial charge >= 0.3 is 0 Å². The molecule has 0 N–H and O–H groups in total. The number of nitrogens with zero attached hydrogens (tertiary/aromatic N) is 3. The van der Waals surface area contributed by atoms with Crippen LogP contribution < -0.4 is 26.2 Å². The minimum Gasteiger partial charge on any atom is -0.310 e. The predicted octanol–water partition coefficient (Wildman–Crippen LogP) is 25.1. The molecule has 98 heavy (non-hydrogen) atoms. The lowest BCUT2D eigenvalue weighted by Crippen LogP contribution is -2.61. The average Bonchev–Trinajstić information content (AvgIpc) is 0.711. The Kier molecular flexibility index (Phi) is 19.2. The zero-order valence-corrected chi connectivity index (χ0v) is 60.2. The van der Waals surface area contributed by atoms with Crippen molar-refractivity contribution in [1.29, 1.82) is 0 Å². The third-order valence-electron chi connectivity index (χ3n) is 21.3. The summed E-state index contributed by atoms with van der Waals surface area (Å²) in [6.45, 7) is 23.5. The van der Waals surface area contributed by atoms with E-state index in [9.17, 15) is 0 Å². The van der Waals surface area contributed by atoms with E-state index < -0.39 is 0 Å². The molecular weight excluding hydrogens is 1180 g/mol. The summed E-state index contributed by atoms with van der Waals surface area (Å²) in [5.74, 6) is 0. The fourth-order valence-corrected chi connectivity index (χ4v) is 16.0. The second-order valence-electron chi connectivity index (χ2n) is 30.5. The Bertz CT molecular complexity index is 4620. The number of hydrogen-bond donors (Lipinski definition) is 0. The summed E-state index contributed by atoms with van der Waals surface area (Å²) in [5.41, 5.74) is 32.8. The minimum absolute atomic E-state index is 0.111.